The average Bonchev–Trinajstić information content (AvgIpc) is 2.37. The van der Waals surface area contributed by atoms with Gasteiger partial charge in [0.15, 0.2) is 0 Å². The van der Waals surface area contributed by atoms with Gasteiger partial charge in [0.2, 0.25) is 0 Å². The van der Waals surface area contributed by atoms with Crippen molar-refractivity contribution in [1.29, 1.82) is 0 Å². The Morgan fingerprint density at radius 2 is 0.929 bits per heavy atom. The van der Waals surface area contributed by atoms with Gasteiger partial charge in [-0.15, -0.1) is 0 Å². The van der Waals surface area contributed by atoms with Gasteiger partial charge in [0.05, 0.1) is 0 Å². The Morgan fingerprint density at radius 1 is 0.643 bits per heavy atom. The van der Waals surface area contributed by atoms with Crippen molar-refractivity contribution < 1.29 is 4.79 Å². The maximum atomic E-state index is 8.00. The van der Waals surface area contributed by atoms with E-state index in [2.05, 4.69) is 19.9 Å². The lowest BCUT2D eigenvalue weighted by atomic mass is 10.7. The zero-order valence-corrected chi connectivity index (χ0v) is 7.52. The van der Waals surface area contributed by atoms with Gasteiger partial charge in [0, 0.05) is 24.8 Å². The van der Waals surface area contributed by atoms with Crippen molar-refractivity contribution in [3.05, 3.63) is 49.6 Å². The van der Waals surface area contributed by atoms with Gasteiger partial charge in [-0.2, -0.15) is 0 Å². The van der Waals surface area contributed by atoms with Crippen molar-refractivity contribution in [3.8, 4) is 0 Å². The van der Waals surface area contributed by atoms with E-state index in [4.69, 9.17) is 4.79 Å². The van der Waals surface area contributed by atoms with Crippen molar-refractivity contribution in [2.45, 2.75) is 0 Å². The van der Waals surface area contributed by atoms with E-state index in [9.17, 15) is 0 Å². The molecule has 0 N–H and O–H groups in total. The van der Waals surface area contributed by atoms with E-state index in [1.165, 1.54) is 12.7 Å². The molecule has 0 atom stereocenters. The summed E-state index contributed by atoms with van der Waals surface area (Å²) in [6.45, 7) is 2.00. The predicted octanol–water partition coefficient (Wildman–Crippen LogP) is 0.768. The predicted molar refractivity (Wildman–Crippen MR) is 51.2 cm³/mol. The number of nitrogens with zero attached hydrogens (tertiary/aromatic N) is 4. The monoisotopic (exact) mass is 190 g/mol. The van der Waals surface area contributed by atoms with Gasteiger partial charge in [0.1, 0.15) is 19.4 Å². The molecule has 0 saturated carbocycles. The van der Waals surface area contributed by atoms with Crippen LogP contribution in [0.4, 0.5) is 0 Å². The third kappa shape index (κ3) is 7.93. The number of hydrogen-bond acceptors (Lipinski definition) is 5. The van der Waals surface area contributed by atoms with E-state index < -0.39 is 0 Å². The van der Waals surface area contributed by atoms with Gasteiger partial charge in [-0.25, -0.2) is 19.9 Å². The lowest BCUT2D eigenvalue weighted by Gasteiger charge is -1.70. The second-order valence-corrected chi connectivity index (χ2v) is 1.81. The molecule has 0 unspecified atom stereocenters. The average molecular weight is 190 g/mol. The molecule has 0 aliphatic rings. The topological polar surface area (TPSA) is 68.6 Å². The van der Waals surface area contributed by atoms with E-state index >= 15 is 0 Å². The third-order valence-electron chi connectivity index (χ3n) is 0.955. The first kappa shape index (κ1) is 11.8. The van der Waals surface area contributed by atoms with Crippen LogP contribution in [0.3, 0.4) is 0 Å². The Balaban J connectivity index is 0.000000206. The van der Waals surface area contributed by atoms with Gasteiger partial charge in [-0.1, -0.05) is 0 Å². The van der Waals surface area contributed by atoms with Crippen LogP contribution in [0.15, 0.2) is 49.6 Å². The van der Waals surface area contributed by atoms with Crippen molar-refractivity contribution in [1.82, 2.24) is 19.9 Å². The molecule has 0 aliphatic heterocycles. The fraction of sp³-hybridized carbons (Fsp3) is 0. The molecule has 0 aromatic carbocycles. The lowest BCUT2D eigenvalue weighted by Crippen LogP contribution is -1.66. The Kier molecular flexibility index (Phi) is 9.15. The first-order chi connectivity index (χ1) is 7.00. The molecule has 0 aliphatic carbocycles. The zero-order valence-electron chi connectivity index (χ0n) is 7.52. The van der Waals surface area contributed by atoms with Crippen LogP contribution in [0.1, 0.15) is 0 Å². The number of rotatable bonds is 0. The van der Waals surface area contributed by atoms with Crippen molar-refractivity contribution in [2.24, 2.45) is 0 Å². The van der Waals surface area contributed by atoms with Gasteiger partial charge < -0.3 is 4.79 Å². The van der Waals surface area contributed by atoms with E-state index in [-0.39, 0.29) is 0 Å². The maximum Gasteiger partial charge on any atom is 0.115 e. The lowest BCUT2D eigenvalue weighted by molar-refractivity contribution is -0.0979. The summed E-state index contributed by atoms with van der Waals surface area (Å²) < 4.78 is 0. The summed E-state index contributed by atoms with van der Waals surface area (Å²) in [5.41, 5.74) is 0. The number of aromatic nitrogens is 4. The minimum atomic E-state index is 1.50. The Labute approximate surface area is 81.9 Å². The standard InChI is InChI=1S/2C4H4N2.CH2O/c2*1-2-5-4-6-3-1;1-2/h2*1-4H;1H2. The molecule has 2 aromatic rings. The summed E-state index contributed by atoms with van der Waals surface area (Å²) in [5, 5.41) is 0. The highest BCUT2D eigenvalue weighted by atomic mass is 16.1. The quantitative estimate of drug-likeness (QED) is 0.613. The Hall–Kier alpha value is -2.17. The van der Waals surface area contributed by atoms with Gasteiger partial charge >= 0.3 is 0 Å². The molecule has 14 heavy (non-hydrogen) atoms. The second-order valence-electron chi connectivity index (χ2n) is 1.81. The summed E-state index contributed by atoms with van der Waals surface area (Å²) in [4.78, 5) is 22.7. The van der Waals surface area contributed by atoms with E-state index in [0.717, 1.165) is 0 Å². The number of carbonyl (C=O) groups is 1. The highest BCUT2D eigenvalue weighted by Crippen LogP contribution is 1.67. The summed E-state index contributed by atoms with van der Waals surface area (Å²) in [6.07, 6.45) is 9.75. The zero-order chi connectivity index (χ0) is 10.5. The van der Waals surface area contributed by atoms with Crippen LogP contribution < -0.4 is 0 Å². The molecule has 5 nitrogen and oxygen atoms in total. The number of hydrogen-bond donors (Lipinski definition) is 0. The largest absolute Gasteiger partial charge is 0.307 e. The van der Waals surface area contributed by atoms with Gasteiger partial charge in [-0.3, -0.25) is 0 Å². The highest BCUT2D eigenvalue weighted by Gasteiger charge is 1.59. The van der Waals surface area contributed by atoms with E-state index in [1.54, 1.807) is 36.9 Å². The molecule has 0 amide bonds. The molecule has 0 spiro atoms. The van der Waals surface area contributed by atoms with Gasteiger partial charge in [-0.05, 0) is 12.1 Å². The van der Waals surface area contributed by atoms with Crippen LogP contribution in [0.2, 0.25) is 0 Å². The van der Waals surface area contributed by atoms with Crippen molar-refractivity contribution in [3.63, 3.8) is 0 Å². The molecule has 2 aromatic heterocycles. The minimum Gasteiger partial charge on any atom is -0.307 e. The van der Waals surface area contributed by atoms with Crippen LogP contribution in [-0.4, -0.2) is 26.7 Å². The first-order valence-corrected chi connectivity index (χ1v) is 3.69. The molecule has 2 rings (SSSR count). The molecule has 5 heteroatoms. The van der Waals surface area contributed by atoms with Crippen LogP contribution >= 0.6 is 0 Å². The summed E-state index contributed by atoms with van der Waals surface area (Å²) in [6, 6.07) is 3.56. The van der Waals surface area contributed by atoms with E-state index in [1.807, 2.05) is 6.79 Å². The summed E-state index contributed by atoms with van der Waals surface area (Å²) in [5.74, 6) is 0. The van der Waals surface area contributed by atoms with Crippen molar-refractivity contribution in [2.75, 3.05) is 0 Å². The Bertz CT molecular complexity index is 205. The van der Waals surface area contributed by atoms with Crippen LogP contribution in [-0.2, 0) is 4.79 Å². The van der Waals surface area contributed by atoms with Crippen LogP contribution in [0, 0.1) is 0 Å². The maximum absolute atomic E-state index is 8.00. The number of carbonyl (C=O) groups excluding carboxylic acids is 1. The molecule has 2 heterocycles. The second kappa shape index (κ2) is 10.8. The van der Waals surface area contributed by atoms with Crippen LogP contribution in [0.25, 0.3) is 0 Å². The van der Waals surface area contributed by atoms with Crippen molar-refractivity contribution >= 4 is 6.79 Å². The summed E-state index contributed by atoms with van der Waals surface area (Å²) >= 11 is 0. The molecule has 0 fully saturated rings. The fourth-order valence-corrected chi connectivity index (χ4v) is 0.507. The smallest absolute Gasteiger partial charge is 0.115 e. The molecule has 0 radical (unpaired) electrons. The van der Waals surface area contributed by atoms with E-state index in [0.29, 0.717) is 0 Å². The fourth-order valence-electron chi connectivity index (χ4n) is 0.507. The SMILES string of the molecule is C=O.c1cncnc1.c1cncnc1. The van der Waals surface area contributed by atoms with Crippen LogP contribution in [0.5, 0.6) is 0 Å². The molecular formula is C9H10N4O. The first-order valence-electron chi connectivity index (χ1n) is 3.69. The Morgan fingerprint density at radius 3 is 1.00 bits per heavy atom. The normalized spacial score (nSPS) is 7.14. The minimum absolute atomic E-state index is 1.50. The third-order valence-corrected chi connectivity index (χ3v) is 0.955. The molecular weight excluding hydrogens is 180 g/mol. The molecule has 72 valence electrons. The van der Waals surface area contributed by atoms with Gasteiger partial charge in [0.25, 0.3) is 0 Å². The molecule has 0 bridgehead atoms. The summed E-state index contributed by atoms with van der Waals surface area (Å²) in [7, 11) is 0. The molecule has 0 saturated heterocycles. The highest BCUT2D eigenvalue weighted by molar-refractivity contribution is 5.10.